The predicted octanol–water partition coefficient (Wildman–Crippen LogP) is -0.241. The topological polar surface area (TPSA) is 129 Å². The maximum Gasteiger partial charge on any atom is 0.250 e. The number of likely N-dealkylation sites (tertiary alicyclic amines) is 1. The Labute approximate surface area is 181 Å². The second-order valence-electron chi connectivity index (χ2n) is 5.99. The molecule has 5 N–H and O–H groups in total. The van der Waals surface area contributed by atoms with Crippen LogP contribution in [0.2, 0.25) is 0 Å². The number of carbonyl (C=O) groups is 1. The third kappa shape index (κ3) is 8.29. The Hall–Kier alpha value is -0.960. The van der Waals surface area contributed by atoms with Gasteiger partial charge in [0.2, 0.25) is 15.9 Å². The Balaban J connectivity index is 0.00000364. The maximum atomic E-state index is 12.0. The van der Waals surface area contributed by atoms with Crippen molar-refractivity contribution in [2.75, 3.05) is 39.8 Å². The number of amides is 1. The van der Waals surface area contributed by atoms with Gasteiger partial charge in [0.15, 0.2) is 5.96 Å². The molecule has 1 amide bonds. The lowest BCUT2D eigenvalue weighted by Gasteiger charge is -2.32. The number of nitrogens with one attached hydrogen (secondary N) is 3. The van der Waals surface area contributed by atoms with Gasteiger partial charge in [-0.25, -0.2) is 13.1 Å². The molecule has 1 fully saturated rings. The molecule has 1 aliphatic heterocycles. The quantitative estimate of drug-likeness (QED) is 0.159. The summed E-state index contributed by atoms with van der Waals surface area (Å²) in [6, 6.07) is 3.54. The minimum Gasteiger partial charge on any atom is -0.369 e. The fraction of sp³-hybridized carbons (Fsp3) is 0.600. The molecule has 9 nitrogen and oxygen atoms in total. The van der Waals surface area contributed by atoms with Crippen LogP contribution in [0, 0.1) is 0 Å². The molecule has 1 aliphatic rings. The van der Waals surface area contributed by atoms with E-state index in [1.54, 1.807) is 24.6 Å². The van der Waals surface area contributed by atoms with Crippen LogP contribution in [0.5, 0.6) is 0 Å². The van der Waals surface area contributed by atoms with E-state index in [0.717, 1.165) is 25.9 Å². The Morgan fingerprint density at radius 2 is 2.07 bits per heavy atom. The van der Waals surface area contributed by atoms with Crippen LogP contribution in [0.4, 0.5) is 0 Å². The van der Waals surface area contributed by atoms with Crippen molar-refractivity contribution in [3.05, 3.63) is 17.5 Å². The van der Waals surface area contributed by atoms with E-state index in [1.165, 1.54) is 11.3 Å². The van der Waals surface area contributed by atoms with Crippen molar-refractivity contribution < 1.29 is 13.2 Å². The molecule has 1 aromatic heterocycles. The average molecular weight is 530 g/mol. The Morgan fingerprint density at radius 1 is 1.37 bits per heavy atom. The lowest BCUT2D eigenvalue weighted by molar-refractivity contribution is -0.119. The average Bonchev–Trinajstić information content (AvgIpc) is 3.14. The molecule has 12 heteroatoms. The minimum absolute atomic E-state index is 0. The molecule has 0 unspecified atom stereocenters. The summed E-state index contributed by atoms with van der Waals surface area (Å²) in [5.41, 5.74) is 5.22. The highest BCUT2D eigenvalue weighted by Gasteiger charge is 2.21. The number of hydrogen-bond donors (Lipinski definition) is 4. The standard InChI is InChI=1S/C15H26N6O3S2.HI/c1-17-15(20-12-4-8-21(9-5-12)11-13(16)22)18-6-7-19-26(23,24)14-3-2-10-25-14;/h2-3,10,12,19H,4-9,11H2,1H3,(H2,16,22)(H2,17,18,20);1H. The number of carbonyl (C=O) groups excluding carboxylic acids is 1. The highest BCUT2D eigenvalue weighted by molar-refractivity contribution is 14.0. The van der Waals surface area contributed by atoms with Gasteiger partial charge in [0.1, 0.15) is 4.21 Å². The first-order valence-corrected chi connectivity index (χ1v) is 10.8. The minimum atomic E-state index is -3.44. The highest BCUT2D eigenvalue weighted by atomic mass is 127. The Kier molecular flexibility index (Phi) is 10.5. The smallest absolute Gasteiger partial charge is 0.250 e. The molecule has 154 valence electrons. The summed E-state index contributed by atoms with van der Waals surface area (Å²) in [4.78, 5) is 17.2. The van der Waals surface area contributed by atoms with Crippen LogP contribution in [-0.2, 0) is 14.8 Å². The summed E-state index contributed by atoms with van der Waals surface area (Å²) in [7, 11) is -1.77. The van der Waals surface area contributed by atoms with Gasteiger partial charge in [0.05, 0.1) is 6.54 Å². The number of primary amides is 1. The second-order valence-corrected chi connectivity index (χ2v) is 8.93. The molecule has 0 bridgehead atoms. The number of rotatable bonds is 8. The van der Waals surface area contributed by atoms with Crippen molar-refractivity contribution >= 4 is 57.2 Å². The van der Waals surface area contributed by atoms with Crippen LogP contribution >= 0.6 is 35.3 Å². The SMILES string of the molecule is CN=C(NCCNS(=O)(=O)c1cccs1)NC1CCN(CC(N)=O)CC1.I. The molecular weight excluding hydrogens is 503 g/mol. The van der Waals surface area contributed by atoms with Crippen molar-refractivity contribution in [3.63, 3.8) is 0 Å². The van der Waals surface area contributed by atoms with Crippen molar-refractivity contribution in [2.24, 2.45) is 10.7 Å². The summed E-state index contributed by atoms with van der Waals surface area (Å²) in [6.45, 7) is 2.59. The normalized spacial score (nSPS) is 16.6. The van der Waals surface area contributed by atoms with E-state index in [4.69, 9.17) is 5.73 Å². The number of thiophene rings is 1. The lowest BCUT2D eigenvalue weighted by Crippen LogP contribution is -2.50. The van der Waals surface area contributed by atoms with Gasteiger partial charge in [-0.15, -0.1) is 35.3 Å². The molecule has 1 saturated heterocycles. The highest BCUT2D eigenvalue weighted by Crippen LogP contribution is 2.14. The van der Waals surface area contributed by atoms with E-state index in [9.17, 15) is 13.2 Å². The summed E-state index contributed by atoms with van der Waals surface area (Å²) in [6.07, 6.45) is 1.78. The van der Waals surface area contributed by atoms with Crippen molar-refractivity contribution in [3.8, 4) is 0 Å². The first-order valence-electron chi connectivity index (χ1n) is 8.41. The zero-order chi connectivity index (χ0) is 19.0. The van der Waals surface area contributed by atoms with E-state index >= 15 is 0 Å². The van der Waals surface area contributed by atoms with Gasteiger partial charge in [0.25, 0.3) is 0 Å². The largest absolute Gasteiger partial charge is 0.369 e. The number of nitrogens with two attached hydrogens (primary N) is 1. The van der Waals surface area contributed by atoms with Crippen LogP contribution in [0.25, 0.3) is 0 Å². The van der Waals surface area contributed by atoms with Crippen molar-refractivity contribution in [1.29, 1.82) is 0 Å². The maximum absolute atomic E-state index is 12.0. The Bertz CT molecular complexity index is 703. The first-order chi connectivity index (χ1) is 12.4. The van der Waals surface area contributed by atoms with Gasteiger partial charge >= 0.3 is 0 Å². The molecular formula is C15H27IN6O3S2. The number of aliphatic imine (C=N–C) groups is 1. The van der Waals surface area contributed by atoms with Crippen LogP contribution in [0.3, 0.4) is 0 Å². The number of guanidine groups is 1. The Morgan fingerprint density at radius 3 is 2.63 bits per heavy atom. The van der Waals surface area contributed by atoms with Gasteiger partial charge in [-0.2, -0.15) is 0 Å². The fourth-order valence-corrected chi connectivity index (χ4v) is 4.77. The number of piperidine rings is 1. The molecule has 27 heavy (non-hydrogen) atoms. The molecule has 0 atom stereocenters. The van der Waals surface area contributed by atoms with Gasteiger partial charge < -0.3 is 16.4 Å². The molecule has 2 heterocycles. The number of halogens is 1. The van der Waals surface area contributed by atoms with Crippen LogP contribution in [0.15, 0.2) is 26.7 Å². The molecule has 1 aromatic rings. The summed E-state index contributed by atoms with van der Waals surface area (Å²) in [5, 5.41) is 8.16. The van der Waals surface area contributed by atoms with Gasteiger partial charge in [0, 0.05) is 39.3 Å². The zero-order valence-corrected chi connectivity index (χ0v) is 19.1. The first kappa shape index (κ1) is 24.1. The number of hydrogen-bond acceptors (Lipinski definition) is 6. The number of sulfonamides is 1. The lowest BCUT2D eigenvalue weighted by atomic mass is 10.1. The summed E-state index contributed by atoms with van der Waals surface area (Å²) in [5.74, 6) is 0.326. The van der Waals surface area contributed by atoms with Gasteiger partial charge in [-0.1, -0.05) is 6.07 Å². The van der Waals surface area contributed by atoms with Crippen LogP contribution < -0.4 is 21.1 Å². The zero-order valence-electron chi connectivity index (χ0n) is 15.2. The van der Waals surface area contributed by atoms with E-state index < -0.39 is 10.0 Å². The fourth-order valence-electron chi connectivity index (χ4n) is 2.70. The van der Waals surface area contributed by atoms with E-state index in [-0.39, 0.29) is 42.5 Å². The summed E-state index contributed by atoms with van der Waals surface area (Å²) < 4.78 is 26.9. The molecule has 2 rings (SSSR count). The molecule has 0 spiro atoms. The van der Waals surface area contributed by atoms with Crippen molar-refractivity contribution in [2.45, 2.75) is 23.1 Å². The predicted molar refractivity (Wildman–Crippen MR) is 118 cm³/mol. The van der Waals surface area contributed by atoms with Crippen molar-refractivity contribution in [1.82, 2.24) is 20.3 Å². The second kappa shape index (κ2) is 11.8. The van der Waals surface area contributed by atoms with Crippen LogP contribution in [-0.4, -0.2) is 71.0 Å². The van der Waals surface area contributed by atoms with Gasteiger partial charge in [-0.3, -0.25) is 14.7 Å². The van der Waals surface area contributed by atoms with Gasteiger partial charge in [-0.05, 0) is 24.3 Å². The molecule has 0 saturated carbocycles. The summed E-state index contributed by atoms with van der Waals surface area (Å²) >= 11 is 1.19. The molecule has 0 radical (unpaired) electrons. The number of nitrogens with zero attached hydrogens (tertiary/aromatic N) is 2. The van der Waals surface area contributed by atoms with E-state index in [1.807, 2.05) is 4.90 Å². The molecule has 0 aromatic carbocycles. The molecule has 0 aliphatic carbocycles. The van der Waals surface area contributed by atoms with E-state index in [0.29, 0.717) is 23.3 Å². The third-order valence-corrected chi connectivity index (χ3v) is 6.86. The third-order valence-electron chi connectivity index (χ3n) is 4.00. The monoisotopic (exact) mass is 530 g/mol. The van der Waals surface area contributed by atoms with E-state index in [2.05, 4.69) is 20.3 Å². The van der Waals surface area contributed by atoms with Crippen LogP contribution in [0.1, 0.15) is 12.8 Å².